The number of phenols is 1. The minimum atomic E-state index is -0.469. The van der Waals surface area contributed by atoms with Gasteiger partial charge in [0.15, 0.2) is 0 Å². The summed E-state index contributed by atoms with van der Waals surface area (Å²) in [4.78, 5) is 0. The van der Waals surface area contributed by atoms with Crippen LogP contribution in [-0.2, 0) is 0 Å². The van der Waals surface area contributed by atoms with Gasteiger partial charge in [-0.3, -0.25) is 0 Å². The van der Waals surface area contributed by atoms with Crippen molar-refractivity contribution in [2.45, 2.75) is 26.0 Å². The van der Waals surface area contributed by atoms with Gasteiger partial charge in [-0.2, -0.15) is 0 Å². The molecular weight excluding hydrogens is 197 g/mol. The first-order valence-electron chi connectivity index (χ1n) is 4.90. The number of benzene rings is 1. The van der Waals surface area contributed by atoms with E-state index < -0.39 is 6.10 Å². The summed E-state index contributed by atoms with van der Waals surface area (Å²) in [6, 6.07) is 3.62. The van der Waals surface area contributed by atoms with Gasteiger partial charge in [-0.25, -0.2) is 4.39 Å². The summed E-state index contributed by atoms with van der Waals surface area (Å²) < 4.78 is 12.9. The van der Waals surface area contributed by atoms with Crippen LogP contribution >= 0.6 is 0 Å². The standard InChI is InChI=1S/C11H16FNO2/c1-7(14)6-13-8(2)10-5-9(12)3-4-11(10)15/h3-5,7-8,13-15H,6H2,1-2H3/t7-,8-/m1/s1. The zero-order valence-corrected chi connectivity index (χ0v) is 8.87. The Morgan fingerprint density at radius 1 is 1.40 bits per heavy atom. The molecule has 0 saturated carbocycles. The van der Waals surface area contributed by atoms with Crippen molar-refractivity contribution in [3.05, 3.63) is 29.6 Å². The van der Waals surface area contributed by atoms with Gasteiger partial charge in [0.2, 0.25) is 0 Å². The van der Waals surface area contributed by atoms with Crippen LogP contribution in [0.1, 0.15) is 25.5 Å². The molecule has 4 heteroatoms. The second-order valence-corrected chi connectivity index (χ2v) is 3.68. The highest BCUT2D eigenvalue weighted by Crippen LogP contribution is 2.24. The molecule has 0 saturated heterocycles. The number of halogens is 1. The molecule has 0 aliphatic rings. The van der Waals surface area contributed by atoms with Gasteiger partial charge in [-0.1, -0.05) is 0 Å². The van der Waals surface area contributed by atoms with Crippen molar-refractivity contribution in [1.82, 2.24) is 5.32 Å². The maximum absolute atomic E-state index is 12.9. The molecule has 0 spiro atoms. The number of hydrogen-bond donors (Lipinski definition) is 3. The Morgan fingerprint density at radius 3 is 2.67 bits per heavy atom. The van der Waals surface area contributed by atoms with Crippen LogP contribution in [0.15, 0.2) is 18.2 Å². The SMILES string of the molecule is C[C@@H](O)CN[C@H](C)c1cc(F)ccc1O. The van der Waals surface area contributed by atoms with Gasteiger partial charge in [-0.05, 0) is 32.0 Å². The van der Waals surface area contributed by atoms with Gasteiger partial charge >= 0.3 is 0 Å². The lowest BCUT2D eigenvalue weighted by atomic mass is 10.1. The predicted molar refractivity (Wildman–Crippen MR) is 56.2 cm³/mol. The lowest BCUT2D eigenvalue weighted by Crippen LogP contribution is -2.27. The maximum atomic E-state index is 12.9. The predicted octanol–water partition coefficient (Wildman–Crippen LogP) is 1.56. The molecule has 1 aromatic carbocycles. The molecule has 2 atom stereocenters. The summed E-state index contributed by atoms with van der Waals surface area (Å²) in [6.07, 6.45) is -0.469. The number of aromatic hydroxyl groups is 1. The second-order valence-electron chi connectivity index (χ2n) is 3.68. The van der Waals surface area contributed by atoms with Crippen molar-refractivity contribution in [3.8, 4) is 5.75 Å². The van der Waals surface area contributed by atoms with Crippen LogP contribution in [0.3, 0.4) is 0 Å². The lowest BCUT2D eigenvalue weighted by Gasteiger charge is -2.16. The first-order valence-corrected chi connectivity index (χ1v) is 4.90. The molecule has 3 nitrogen and oxygen atoms in total. The maximum Gasteiger partial charge on any atom is 0.123 e. The highest BCUT2D eigenvalue weighted by molar-refractivity contribution is 5.34. The molecule has 0 radical (unpaired) electrons. The highest BCUT2D eigenvalue weighted by atomic mass is 19.1. The van der Waals surface area contributed by atoms with Crippen LogP contribution in [-0.4, -0.2) is 22.9 Å². The van der Waals surface area contributed by atoms with Crippen LogP contribution in [0.2, 0.25) is 0 Å². The minimum absolute atomic E-state index is 0.0574. The monoisotopic (exact) mass is 213 g/mol. The van der Waals surface area contributed by atoms with Crippen molar-refractivity contribution in [2.24, 2.45) is 0 Å². The van der Waals surface area contributed by atoms with E-state index in [1.54, 1.807) is 13.8 Å². The molecule has 0 amide bonds. The van der Waals surface area contributed by atoms with E-state index >= 15 is 0 Å². The smallest absolute Gasteiger partial charge is 0.123 e. The van der Waals surface area contributed by atoms with E-state index in [1.807, 2.05) is 0 Å². The Kier molecular flexibility index (Phi) is 4.05. The summed E-state index contributed by atoms with van der Waals surface area (Å²) >= 11 is 0. The van der Waals surface area contributed by atoms with E-state index in [2.05, 4.69) is 5.32 Å². The Hall–Kier alpha value is -1.13. The first-order chi connectivity index (χ1) is 7.00. The van der Waals surface area contributed by atoms with E-state index in [0.717, 1.165) is 0 Å². The van der Waals surface area contributed by atoms with E-state index in [4.69, 9.17) is 5.11 Å². The Labute approximate surface area is 88.6 Å². The van der Waals surface area contributed by atoms with E-state index in [1.165, 1.54) is 18.2 Å². The van der Waals surface area contributed by atoms with Gasteiger partial charge in [-0.15, -0.1) is 0 Å². The van der Waals surface area contributed by atoms with Crippen LogP contribution < -0.4 is 5.32 Å². The Bertz CT molecular complexity index is 328. The fourth-order valence-corrected chi connectivity index (χ4v) is 1.33. The van der Waals surface area contributed by atoms with E-state index in [9.17, 15) is 9.50 Å². The fourth-order valence-electron chi connectivity index (χ4n) is 1.33. The van der Waals surface area contributed by atoms with Crippen molar-refractivity contribution >= 4 is 0 Å². The van der Waals surface area contributed by atoms with E-state index in [-0.39, 0.29) is 17.6 Å². The molecule has 1 aromatic rings. The highest BCUT2D eigenvalue weighted by Gasteiger charge is 2.11. The molecule has 84 valence electrons. The van der Waals surface area contributed by atoms with Gasteiger partial charge in [0.1, 0.15) is 11.6 Å². The molecule has 0 aliphatic heterocycles. The normalized spacial score (nSPS) is 14.9. The molecule has 0 bridgehead atoms. The number of aliphatic hydroxyl groups excluding tert-OH is 1. The Morgan fingerprint density at radius 2 is 2.07 bits per heavy atom. The van der Waals surface area contributed by atoms with Gasteiger partial charge in [0, 0.05) is 18.2 Å². The Balaban J connectivity index is 2.72. The molecule has 1 rings (SSSR count). The second kappa shape index (κ2) is 5.09. The van der Waals surface area contributed by atoms with Gasteiger partial charge in [0.25, 0.3) is 0 Å². The zero-order valence-electron chi connectivity index (χ0n) is 8.87. The summed E-state index contributed by atoms with van der Waals surface area (Å²) in [7, 11) is 0. The first kappa shape index (κ1) is 11.9. The number of rotatable bonds is 4. The molecule has 0 aromatic heterocycles. The molecule has 0 unspecified atom stereocenters. The third-order valence-electron chi connectivity index (χ3n) is 2.18. The van der Waals surface area contributed by atoms with E-state index in [0.29, 0.717) is 12.1 Å². The summed E-state index contributed by atoms with van der Waals surface area (Å²) in [5.41, 5.74) is 0.496. The topological polar surface area (TPSA) is 52.5 Å². The van der Waals surface area contributed by atoms with Crippen LogP contribution in [0.4, 0.5) is 4.39 Å². The zero-order chi connectivity index (χ0) is 11.4. The van der Waals surface area contributed by atoms with Gasteiger partial charge < -0.3 is 15.5 Å². The lowest BCUT2D eigenvalue weighted by molar-refractivity contribution is 0.187. The van der Waals surface area contributed by atoms with Gasteiger partial charge in [0.05, 0.1) is 6.10 Å². The summed E-state index contributed by atoms with van der Waals surface area (Å²) in [5.74, 6) is -0.324. The summed E-state index contributed by atoms with van der Waals surface area (Å²) in [6.45, 7) is 3.86. The molecule has 0 aliphatic carbocycles. The summed E-state index contributed by atoms with van der Waals surface area (Å²) in [5, 5.41) is 21.6. The fraction of sp³-hybridized carbons (Fsp3) is 0.455. The molecule has 0 fully saturated rings. The average Bonchev–Trinajstić information content (AvgIpc) is 2.18. The molecule has 0 heterocycles. The number of aliphatic hydroxyl groups is 1. The number of nitrogens with one attached hydrogen (secondary N) is 1. The van der Waals surface area contributed by atoms with Crippen LogP contribution in [0.25, 0.3) is 0 Å². The number of phenolic OH excluding ortho intramolecular Hbond substituents is 1. The third-order valence-corrected chi connectivity index (χ3v) is 2.18. The molecule has 15 heavy (non-hydrogen) atoms. The molecular formula is C11H16FNO2. The van der Waals surface area contributed by atoms with Crippen molar-refractivity contribution < 1.29 is 14.6 Å². The minimum Gasteiger partial charge on any atom is -0.508 e. The molecule has 3 N–H and O–H groups in total. The largest absolute Gasteiger partial charge is 0.508 e. The number of hydrogen-bond acceptors (Lipinski definition) is 3. The average molecular weight is 213 g/mol. The van der Waals surface area contributed by atoms with Crippen LogP contribution in [0, 0.1) is 5.82 Å². The van der Waals surface area contributed by atoms with Crippen molar-refractivity contribution in [3.63, 3.8) is 0 Å². The van der Waals surface area contributed by atoms with Crippen LogP contribution in [0.5, 0.6) is 5.75 Å². The van der Waals surface area contributed by atoms with Crippen molar-refractivity contribution in [1.29, 1.82) is 0 Å². The quantitative estimate of drug-likeness (QED) is 0.711. The van der Waals surface area contributed by atoms with Crippen molar-refractivity contribution in [2.75, 3.05) is 6.54 Å². The third kappa shape index (κ3) is 3.49.